The molecular formula is C15H14Cl2N2. The van der Waals surface area contributed by atoms with Crippen LogP contribution in [-0.4, -0.2) is 9.97 Å². The zero-order valence-corrected chi connectivity index (χ0v) is 12.0. The number of hydrogen-bond acceptors (Lipinski definition) is 2. The Morgan fingerprint density at radius 1 is 1.05 bits per heavy atom. The molecule has 0 atom stereocenters. The SMILES string of the molecule is Clc1cccc(Cc2nc(Cl)c3c(n2)CCCC3)c1. The highest BCUT2D eigenvalue weighted by atomic mass is 35.5. The quantitative estimate of drug-likeness (QED) is 0.773. The summed E-state index contributed by atoms with van der Waals surface area (Å²) in [5, 5.41) is 1.36. The van der Waals surface area contributed by atoms with E-state index in [0.717, 1.165) is 40.5 Å². The monoisotopic (exact) mass is 292 g/mol. The lowest BCUT2D eigenvalue weighted by atomic mass is 9.97. The molecule has 1 aromatic carbocycles. The van der Waals surface area contributed by atoms with Crippen molar-refractivity contribution in [1.29, 1.82) is 0 Å². The van der Waals surface area contributed by atoms with Crippen molar-refractivity contribution in [3.8, 4) is 0 Å². The molecule has 98 valence electrons. The van der Waals surface area contributed by atoms with Crippen LogP contribution in [0.15, 0.2) is 24.3 Å². The summed E-state index contributed by atoms with van der Waals surface area (Å²) in [7, 11) is 0. The summed E-state index contributed by atoms with van der Waals surface area (Å²) in [5.74, 6) is 0.785. The molecule has 2 nitrogen and oxygen atoms in total. The topological polar surface area (TPSA) is 25.8 Å². The second-order valence-corrected chi connectivity index (χ2v) is 5.66. The number of hydrogen-bond donors (Lipinski definition) is 0. The highest BCUT2D eigenvalue weighted by Gasteiger charge is 2.16. The maximum atomic E-state index is 6.27. The van der Waals surface area contributed by atoms with Gasteiger partial charge in [0.05, 0.1) is 0 Å². The molecule has 0 saturated carbocycles. The molecule has 0 aliphatic heterocycles. The van der Waals surface area contributed by atoms with E-state index in [9.17, 15) is 0 Å². The Labute approximate surface area is 122 Å². The lowest BCUT2D eigenvalue weighted by Crippen LogP contribution is -2.10. The van der Waals surface area contributed by atoms with Gasteiger partial charge in [0, 0.05) is 22.7 Å². The maximum Gasteiger partial charge on any atom is 0.136 e. The van der Waals surface area contributed by atoms with Crippen LogP contribution in [0.5, 0.6) is 0 Å². The first-order chi connectivity index (χ1) is 9.22. The van der Waals surface area contributed by atoms with Gasteiger partial charge >= 0.3 is 0 Å². The molecule has 1 aliphatic carbocycles. The van der Waals surface area contributed by atoms with Crippen LogP contribution in [0.4, 0.5) is 0 Å². The van der Waals surface area contributed by atoms with E-state index < -0.39 is 0 Å². The minimum absolute atomic E-state index is 0.627. The highest BCUT2D eigenvalue weighted by molar-refractivity contribution is 6.30. The van der Waals surface area contributed by atoms with E-state index >= 15 is 0 Å². The van der Waals surface area contributed by atoms with Gasteiger partial charge in [-0.3, -0.25) is 0 Å². The van der Waals surface area contributed by atoms with E-state index in [1.165, 1.54) is 12.8 Å². The highest BCUT2D eigenvalue weighted by Crippen LogP contribution is 2.25. The predicted molar refractivity (Wildman–Crippen MR) is 77.9 cm³/mol. The molecular weight excluding hydrogens is 279 g/mol. The minimum Gasteiger partial charge on any atom is -0.237 e. The summed E-state index contributed by atoms with van der Waals surface area (Å²) < 4.78 is 0. The fourth-order valence-electron chi connectivity index (χ4n) is 2.51. The summed E-state index contributed by atoms with van der Waals surface area (Å²) >= 11 is 12.3. The van der Waals surface area contributed by atoms with Crippen LogP contribution in [0.1, 0.15) is 35.5 Å². The van der Waals surface area contributed by atoms with Crippen LogP contribution in [0.2, 0.25) is 10.2 Å². The largest absolute Gasteiger partial charge is 0.237 e. The van der Waals surface area contributed by atoms with E-state index in [2.05, 4.69) is 9.97 Å². The molecule has 19 heavy (non-hydrogen) atoms. The lowest BCUT2D eigenvalue weighted by Gasteiger charge is -2.16. The summed E-state index contributed by atoms with van der Waals surface area (Å²) in [4.78, 5) is 9.08. The third-order valence-corrected chi connectivity index (χ3v) is 3.98. The zero-order valence-electron chi connectivity index (χ0n) is 10.5. The van der Waals surface area contributed by atoms with Crippen molar-refractivity contribution in [2.24, 2.45) is 0 Å². The Balaban J connectivity index is 1.91. The summed E-state index contributed by atoms with van der Waals surface area (Å²) in [6, 6.07) is 7.78. The first-order valence-electron chi connectivity index (χ1n) is 6.51. The molecule has 1 aromatic heterocycles. The molecule has 0 saturated heterocycles. The Morgan fingerprint density at radius 3 is 2.74 bits per heavy atom. The Kier molecular flexibility index (Phi) is 3.72. The number of benzene rings is 1. The van der Waals surface area contributed by atoms with E-state index in [0.29, 0.717) is 11.6 Å². The first-order valence-corrected chi connectivity index (χ1v) is 7.26. The maximum absolute atomic E-state index is 6.27. The van der Waals surface area contributed by atoms with Gasteiger partial charge in [0.15, 0.2) is 0 Å². The fraction of sp³-hybridized carbons (Fsp3) is 0.333. The van der Waals surface area contributed by atoms with Crippen LogP contribution in [-0.2, 0) is 19.3 Å². The number of aryl methyl sites for hydroxylation is 1. The van der Waals surface area contributed by atoms with Crippen LogP contribution in [0, 0.1) is 0 Å². The van der Waals surface area contributed by atoms with Crippen molar-refractivity contribution in [3.05, 3.63) is 57.1 Å². The summed E-state index contributed by atoms with van der Waals surface area (Å²) in [6.07, 6.45) is 5.07. The number of nitrogens with zero attached hydrogens (tertiary/aromatic N) is 2. The number of halogens is 2. The molecule has 0 fully saturated rings. The van der Waals surface area contributed by atoms with Gasteiger partial charge in [-0.25, -0.2) is 9.97 Å². The van der Waals surface area contributed by atoms with Gasteiger partial charge in [-0.1, -0.05) is 35.3 Å². The zero-order chi connectivity index (χ0) is 13.2. The second kappa shape index (κ2) is 5.48. The number of rotatable bonds is 2. The molecule has 0 unspecified atom stereocenters. The van der Waals surface area contributed by atoms with Gasteiger partial charge < -0.3 is 0 Å². The minimum atomic E-state index is 0.627. The average molecular weight is 293 g/mol. The van der Waals surface area contributed by atoms with Crippen LogP contribution >= 0.6 is 23.2 Å². The van der Waals surface area contributed by atoms with Gasteiger partial charge in [-0.2, -0.15) is 0 Å². The normalized spacial score (nSPS) is 14.2. The van der Waals surface area contributed by atoms with Crippen LogP contribution in [0.3, 0.4) is 0 Å². The van der Waals surface area contributed by atoms with Crippen molar-refractivity contribution < 1.29 is 0 Å². The van der Waals surface area contributed by atoms with E-state index in [1.807, 2.05) is 24.3 Å². The van der Waals surface area contributed by atoms with Gasteiger partial charge in [-0.15, -0.1) is 0 Å². The van der Waals surface area contributed by atoms with Gasteiger partial charge in [0.1, 0.15) is 11.0 Å². The smallest absolute Gasteiger partial charge is 0.136 e. The Bertz CT molecular complexity index is 611. The first kappa shape index (κ1) is 12.9. The van der Waals surface area contributed by atoms with Crippen LogP contribution in [0.25, 0.3) is 0 Å². The van der Waals surface area contributed by atoms with Crippen molar-refractivity contribution in [2.75, 3.05) is 0 Å². The van der Waals surface area contributed by atoms with Gasteiger partial charge in [0.2, 0.25) is 0 Å². The third-order valence-electron chi connectivity index (χ3n) is 3.43. The Hall–Kier alpha value is -1.12. The number of aromatic nitrogens is 2. The van der Waals surface area contributed by atoms with Gasteiger partial charge in [-0.05, 0) is 43.4 Å². The summed E-state index contributed by atoms with van der Waals surface area (Å²) in [6.45, 7) is 0. The summed E-state index contributed by atoms with van der Waals surface area (Å²) in [5.41, 5.74) is 3.38. The fourth-order valence-corrected chi connectivity index (χ4v) is 3.02. The molecule has 1 heterocycles. The molecule has 4 heteroatoms. The molecule has 3 rings (SSSR count). The van der Waals surface area contributed by atoms with E-state index in [1.54, 1.807) is 0 Å². The molecule has 0 amide bonds. The lowest BCUT2D eigenvalue weighted by molar-refractivity contribution is 0.656. The average Bonchev–Trinajstić information content (AvgIpc) is 2.39. The van der Waals surface area contributed by atoms with Crippen molar-refractivity contribution in [2.45, 2.75) is 32.1 Å². The third kappa shape index (κ3) is 2.90. The molecule has 0 spiro atoms. The van der Waals surface area contributed by atoms with E-state index in [-0.39, 0.29) is 0 Å². The van der Waals surface area contributed by atoms with Crippen molar-refractivity contribution in [3.63, 3.8) is 0 Å². The molecule has 2 aromatic rings. The molecule has 1 aliphatic rings. The molecule has 0 bridgehead atoms. The van der Waals surface area contributed by atoms with Crippen molar-refractivity contribution >= 4 is 23.2 Å². The standard InChI is InChI=1S/C15H14Cl2N2/c16-11-5-3-4-10(8-11)9-14-18-13-7-2-1-6-12(13)15(17)19-14/h3-5,8H,1-2,6-7,9H2. The van der Waals surface area contributed by atoms with Crippen LogP contribution < -0.4 is 0 Å². The van der Waals surface area contributed by atoms with Crippen molar-refractivity contribution in [1.82, 2.24) is 9.97 Å². The molecule has 0 radical (unpaired) electrons. The van der Waals surface area contributed by atoms with Gasteiger partial charge in [0.25, 0.3) is 0 Å². The predicted octanol–water partition coefficient (Wildman–Crippen LogP) is 4.25. The van der Waals surface area contributed by atoms with E-state index in [4.69, 9.17) is 23.2 Å². The molecule has 0 N–H and O–H groups in total. The Morgan fingerprint density at radius 2 is 1.89 bits per heavy atom. The second-order valence-electron chi connectivity index (χ2n) is 4.87. The number of fused-ring (bicyclic) bond motifs is 1.